The van der Waals surface area contributed by atoms with Gasteiger partial charge in [-0.3, -0.25) is 0 Å². The van der Waals surface area contributed by atoms with Crippen molar-refractivity contribution < 1.29 is 9.18 Å². The lowest BCUT2D eigenvalue weighted by Gasteiger charge is -2.11. The first-order valence-corrected chi connectivity index (χ1v) is 6.82. The summed E-state index contributed by atoms with van der Waals surface area (Å²) in [7, 11) is 0. The molecule has 0 fully saturated rings. The summed E-state index contributed by atoms with van der Waals surface area (Å²) in [4.78, 5) is 12.4. The van der Waals surface area contributed by atoms with Gasteiger partial charge in [-0.05, 0) is 41.6 Å². The largest absolute Gasteiger partial charge is 0.302 e. The molecule has 0 aliphatic heterocycles. The molecule has 92 valence electrons. The Hall–Kier alpha value is -1.61. The lowest BCUT2D eigenvalue weighted by molar-refractivity contribution is -0.108. The summed E-state index contributed by atoms with van der Waals surface area (Å²) in [5.74, 6) is -0.623. The lowest BCUT2D eigenvalue weighted by Crippen LogP contribution is -2.02. The summed E-state index contributed by atoms with van der Waals surface area (Å²) in [5.41, 5.74) is 1.73. The number of thioether (sulfide) groups is 1. The molecule has 0 radical (unpaired) electrons. The molecule has 2 aromatic rings. The van der Waals surface area contributed by atoms with Crippen LogP contribution in [0.1, 0.15) is 17.0 Å². The van der Waals surface area contributed by atoms with Crippen LogP contribution in [0.5, 0.6) is 0 Å². The first-order valence-electron chi connectivity index (χ1n) is 5.59. The first-order chi connectivity index (χ1) is 8.74. The molecule has 0 amide bonds. The van der Waals surface area contributed by atoms with Crippen molar-refractivity contribution in [2.45, 2.75) is 10.8 Å². The Bertz CT molecular complexity index is 519. The normalized spacial score (nSPS) is 12.1. The Kier molecular flexibility index (Phi) is 4.15. The first kappa shape index (κ1) is 12.8. The third-order valence-corrected chi connectivity index (χ3v) is 3.58. The van der Waals surface area contributed by atoms with Crippen LogP contribution in [0.3, 0.4) is 0 Å². The molecule has 0 saturated carbocycles. The Morgan fingerprint density at radius 3 is 1.94 bits per heavy atom. The SMILES string of the molecule is CSc1ccc(C(C=O)c2ccc(F)cc2)cc1. The van der Waals surface area contributed by atoms with E-state index in [2.05, 4.69) is 0 Å². The molecule has 0 aliphatic carbocycles. The van der Waals surface area contributed by atoms with Crippen LogP contribution >= 0.6 is 11.8 Å². The number of hydrogen-bond donors (Lipinski definition) is 0. The fourth-order valence-corrected chi connectivity index (χ4v) is 2.24. The van der Waals surface area contributed by atoms with Gasteiger partial charge in [0.05, 0.1) is 5.92 Å². The molecule has 1 nitrogen and oxygen atoms in total. The average molecular weight is 260 g/mol. The third kappa shape index (κ3) is 2.79. The number of carbonyl (C=O) groups excluding carboxylic acids is 1. The standard InChI is InChI=1S/C15H13FOS/c1-18-14-8-4-12(5-9-14)15(10-17)11-2-6-13(16)7-3-11/h2-10,15H,1H3. The summed E-state index contributed by atoms with van der Waals surface area (Å²) < 4.78 is 12.9. The van der Waals surface area contributed by atoms with E-state index in [1.165, 1.54) is 12.1 Å². The Balaban J connectivity index is 2.32. The molecule has 0 aliphatic rings. The summed E-state index contributed by atoms with van der Waals surface area (Å²) in [5, 5.41) is 0. The van der Waals surface area contributed by atoms with Gasteiger partial charge in [0.15, 0.2) is 0 Å². The van der Waals surface area contributed by atoms with Crippen molar-refractivity contribution in [1.29, 1.82) is 0 Å². The maximum Gasteiger partial charge on any atom is 0.131 e. The molecule has 0 saturated heterocycles. The van der Waals surface area contributed by atoms with Crippen molar-refractivity contribution >= 4 is 18.0 Å². The molecule has 1 unspecified atom stereocenters. The summed E-state index contributed by atoms with van der Waals surface area (Å²) in [6.45, 7) is 0. The summed E-state index contributed by atoms with van der Waals surface area (Å²) in [6.07, 6.45) is 2.90. The van der Waals surface area contributed by atoms with Crippen molar-refractivity contribution in [3.05, 3.63) is 65.5 Å². The molecule has 2 rings (SSSR count). The molecule has 1 atom stereocenters. The molecule has 18 heavy (non-hydrogen) atoms. The number of hydrogen-bond acceptors (Lipinski definition) is 2. The van der Waals surface area contributed by atoms with Gasteiger partial charge in [0.1, 0.15) is 12.1 Å². The van der Waals surface area contributed by atoms with Crippen LogP contribution in [-0.2, 0) is 4.79 Å². The van der Waals surface area contributed by atoms with Crippen LogP contribution in [0.25, 0.3) is 0 Å². The second-order valence-electron chi connectivity index (χ2n) is 3.94. The van der Waals surface area contributed by atoms with Gasteiger partial charge >= 0.3 is 0 Å². The minimum Gasteiger partial charge on any atom is -0.302 e. The molecule has 0 bridgehead atoms. The van der Waals surface area contributed by atoms with Crippen LogP contribution in [0.4, 0.5) is 4.39 Å². The fraction of sp³-hybridized carbons (Fsp3) is 0.133. The molecule has 3 heteroatoms. The topological polar surface area (TPSA) is 17.1 Å². The van der Waals surface area contributed by atoms with Crippen molar-refractivity contribution in [2.75, 3.05) is 6.26 Å². The molecular weight excluding hydrogens is 247 g/mol. The van der Waals surface area contributed by atoms with Crippen molar-refractivity contribution in [2.24, 2.45) is 0 Å². The van der Waals surface area contributed by atoms with E-state index in [4.69, 9.17) is 0 Å². The van der Waals surface area contributed by atoms with E-state index < -0.39 is 0 Å². The Labute approximate surface area is 110 Å². The smallest absolute Gasteiger partial charge is 0.131 e. The molecular formula is C15H13FOS. The third-order valence-electron chi connectivity index (χ3n) is 2.84. The minimum absolute atomic E-state index is 0.291. The fourth-order valence-electron chi connectivity index (χ4n) is 1.83. The Morgan fingerprint density at radius 1 is 1.00 bits per heavy atom. The minimum atomic E-state index is -0.332. The number of rotatable bonds is 4. The van der Waals surface area contributed by atoms with E-state index in [1.54, 1.807) is 23.9 Å². The molecule has 0 N–H and O–H groups in total. The van der Waals surface area contributed by atoms with Gasteiger partial charge in [-0.15, -0.1) is 11.8 Å². The highest BCUT2D eigenvalue weighted by Crippen LogP contribution is 2.25. The maximum absolute atomic E-state index is 12.9. The van der Waals surface area contributed by atoms with Gasteiger partial charge < -0.3 is 4.79 Å². The zero-order valence-corrected chi connectivity index (χ0v) is 10.8. The van der Waals surface area contributed by atoms with Gasteiger partial charge in [-0.1, -0.05) is 24.3 Å². The number of benzene rings is 2. The molecule has 2 aromatic carbocycles. The van der Waals surface area contributed by atoms with E-state index in [1.807, 2.05) is 30.5 Å². The number of aldehydes is 1. The summed E-state index contributed by atoms with van der Waals surface area (Å²) in [6, 6.07) is 13.9. The van der Waals surface area contributed by atoms with E-state index in [0.29, 0.717) is 0 Å². The van der Waals surface area contributed by atoms with Crippen LogP contribution in [0.2, 0.25) is 0 Å². The average Bonchev–Trinajstić information content (AvgIpc) is 2.42. The lowest BCUT2D eigenvalue weighted by atomic mass is 9.93. The van der Waals surface area contributed by atoms with Gasteiger partial charge in [0.2, 0.25) is 0 Å². The highest BCUT2D eigenvalue weighted by molar-refractivity contribution is 7.98. The second-order valence-corrected chi connectivity index (χ2v) is 4.82. The monoisotopic (exact) mass is 260 g/mol. The molecule has 0 heterocycles. The van der Waals surface area contributed by atoms with Gasteiger partial charge in [0.25, 0.3) is 0 Å². The zero-order chi connectivity index (χ0) is 13.0. The van der Waals surface area contributed by atoms with E-state index in [-0.39, 0.29) is 11.7 Å². The van der Waals surface area contributed by atoms with Crippen LogP contribution in [0, 0.1) is 5.82 Å². The van der Waals surface area contributed by atoms with Gasteiger partial charge in [0, 0.05) is 4.90 Å². The van der Waals surface area contributed by atoms with Crippen molar-refractivity contribution in [3.63, 3.8) is 0 Å². The highest BCUT2D eigenvalue weighted by atomic mass is 32.2. The second kappa shape index (κ2) is 5.83. The van der Waals surface area contributed by atoms with Crippen LogP contribution < -0.4 is 0 Å². The summed E-state index contributed by atoms with van der Waals surface area (Å²) >= 11 is 1.66. The predicted octanol–water partition coefficient (Wildman–Crippen LogP) is 3.88. The van der Waals surface area contributed by atoms with Crippen molar-refractivity contribution in [3.8, 4) is 0 Å². The maximum atomic E-state index is 12.9. The Morgan fingerprint density at radius 2 is 1.50 bits per heavy atom. The molecule has 0 spiro atoms. The van der Waals surface area contributed by atoms with Crippen molar-refractivity contribution in [1.82, 2.24) is 0 Å². The van der Waals surface area contributed by atoms with E-state index in [9.17, 15) is 9.18 Å². The van der Waals surface area contributed by atoms with Gasteiger partial charge in [-0.25, -0.2) is 4.39 Å². The van der Waals surface area contributed by atoms with E-state index >= 15 is 0 Å². The number of carbonyl (C=O) groups is 1. The quantitative estimate of drug-likeness (QED) is 0.613. The predicted molar refractivity (Wildman–Crippen MR) is 72.5 cm³/mol. The van der Waals surface area contributed by atoms with Crippen LogP contribution in [-0.4, -0.2) is 12.5 Å². The zero-order valence-electron chi connectivity index (χ0n) is 9.97. The van der Waals surface area contributed by atoms with Crippen LogP contribution in [0.15, 0.2) is 53.4 Å². The van der Waals surface area contributed by atoms with Gasteiger partial charge in [-0.2, -0.15) is 0 Å². The van der Waals surface area contributed by atoms with E-state index in [0.717, 1.165) is 22.3 Å². The highest BCUT2D eigenvalue weighted by Gasteiger charge is 2.12. The molecule has 0 aromatic heterocycles. The number of halogens is 1.